The van der Waals surface area contributed by atoms with Crippen LogP contribution in [0.15, 0.2) is 0 Å². The van der Waals surface area contributed by atoms with Crippen LogP contribution in [0.25, 0.3) is 0 Å². The van der Waals surface area contributed by atoms with Crippen molar-refractivity contribution >= 4 is 10.2 Å². The molecule has 0 amide bonds. The van der Waals surface area contributed by atoms with E-state index in [1.54, 1.807) is 11.2 Å². The Morgan fingerprint density at radius 3 is 2.93 bits per heavy atom. The Morgan fingerprint density at radius 1 is 1.47 bits per heavy atom. The van der Waals surface area contributed by atoms with E-state index in [4.69, 9.17) is 0 Å². The molecule has 15 heavy (non-hydrogen) atoms. The van der Waals surface area contributed by atoms with E-state index in [2.05, 4.69) is 10.0 Å². The van der Waals surface area contributed by atoms with Crippen LogP contribution in [-0.4, -0.2) is 44.9 Å². The monoisotopic (exact) mass is 233 g/mol. The second kappa shape index (κ2) is 4.37. The highest BCUT2D eigenvalue weighted by molar-refractivity contribution is 7.87. The van der Waals surface area contributed by atoms with Gasteiger partial charge < -0.3 is 5.32 Å². The predicted octanol–water partition coefficient (Wildman–Crippen LogP) is -0.475. The van der Waals surface area contributed by atoms with Crippen molar-refractivity contribution in [1.82, 2.24) is 14.3 Å². The van der Waals surface area contributed by atoms with Gasteiger partial charge in [-0.2, -0.15) is 12.7 Å². The maximum atomic E-state index is 11.8. The highest BCUT2D eigenvalue weighted by Crippen LogP contribution is 2.26. The summed E-state index contributed by atoms with van der Waals surface area (Å²) in [5.74, 6) is 0.507. The zero-order valence-corrected chi connectivity index (χ0v) is 9.89. The van der Waals surface area contributed by atoms with Crippen molar-refractivity contribution in [2.45, 2.75) is 25.8 Å². The van der Waals surface area contributed by atoms with Crippen LogP contribution in [-0.2, 0) is 10.2 Å². The average Bonchev–Trinajstić information content (AvgIpc) is 2.61. The normalized spacial score (nSPS) is 32.9. The van der Waals surface area contributed by atoms with E-state index >= 15 is 0 Å². The fraction of sp³-hybridized carbons (Fsp3) is 1.00. The molecule has 0 aromatic rings. The number of piperidine rings is 1. The number of nitrogens with one attached hydrogen (secondary N) is 2. The van der Waals surface area contributed by atoms with Crippen molar-refractivity contribution in [2.24, 2.45) is 5.92 Å². The summed E-state index contributed by atoms with van der Waals surface area (Å²) in [4.78, 5) is 0. The van der Waals surface area contributed by atoms with Crippen LogP contribution >= 0.6 is 0 Å². The Hall–Kier alpha value is -0.170. The van der Waals surface area contributed by atoms with E-state index in [9.17, 15) is 8.42 Å². The van der Waals surface area contributed by atoms with Gasteiger partial charge in [0.25, 0.3) is 10.2 Å². The third-order valence-electron chi connectivity index (χ3n) is 3.23. The van der Waals surface area contributed by atoms with Crippen molar-refractivity contribution in [2.75, 3.05) is 26.2 Å². The van der Waals surface area contributed by atoms with Gasteiger partial charge >= 0.3 is 0 Å². The summed E-state index contributed by atoms with van der Waals surface area (Å²) in [6.45, 7) is 4.59. The molecular weight excluding hydrogens is 214 g/mol. The van der Waals surface area contributed by atoms with Crippen LogP contribution in [0.1, 0.15) is 19.8 Å². The van der Waals surface area contributed by atoms with E-state index < -0.39 is 10.2 Å². The van der Waals surface area contributed by atoms with E-state index in [0.29, 0.717) is 31.6 Å². The molecule has 0 aromatic heterocycles. The molecule has 2 atom stereocenters. The quantitative estimate of drug-likeness (QED) is 0.692. The molecule has 2 rings (SSSR count). The second-order valence-electron chi connectivity index (χ2n) is 4.28. The highest BCUT2D eigenvalue weighted by Gasteiger charge is 2.39. The average molecular weight is 233 g/mol. The molecule has 2 N–H and O–H groups in total. The van der Waals surface area contributed by atoms with Gasteiger partial charge in [0.1, 0.15) is 0 Å². The molecular formula is C9H19N3O2S. The lowest BCUT2D eigenvalue weighted by atomic mass is 9.94. The second-order valence-corrected chi connectivity index (χ2v) is 6.04. The maximum Gasteiger partial charge on any atom is 0.279 e. The summed E-state index contributed by atoms with van der Waals surface area (Å²) in [6.07, 6.45) is 2.31. The SMILES string of the molecule is CCNS(=O)(=O)N1C[C@@H]2CCCN[C@@H]2C1. The summed E-state index contributed by atoms with van der Waals surface area (Å²) in [5, 5.41) is 3.39. The zero-order valence-electron chi connectivity index (χ0n) is 9.07. The lowest BCUT2D eigenvalue weighted by Gasteiger charge is -2.24. The highest BCUT2D eigenvalue weighted by atomic mass is 32.2. The first-order valence-corrected chi connectivity index (χ1v) is 7.05. The van der Waals surface area contributed by atoms with Crippen LogP contribution in [0.3, 0.4) is 0 Å². The molecule has 0 bridgehead atoms. The maximum absolute atomic E-state index is 11.8. The third kappa shape index (κ3) is 2.33. The Kier molecular flexibility index (Phi) is 3.30. The third-order valence-corrected chi connectivity index (χ3v) is 4.86. The molecule has 5 nitrogen and oxygen atoms in total. The topological polar surface area (TPSA) is 61.4 Å². The molecule has 0 aromatic carbocycles. The van der Waals surface area contributed by atoms with Gasteiger partial charge in [-0.05, 0) is 25.3 Å². The van der Waals surface area contributed by atoms with Crippen LogP contribution in [0.4, 0.5) is 0 Å². The van der Waals surface area contributed by atoms with Gasteiger partial charge in [-0.15, -0.1) is 0 Å². The summed E-state index contributed by atoms with van der Waals surface area (Å²) in [5.41, 5.74) is 0. The molecule has 2 saturated heterocycles. The fourth-order valence-corrected chi connectivity index (χ4v) is 3.77. The number of nitrogens with zero attached hydrogens (tertiary/aromatic N) is 1. The van der Waals surface area contributed by atoms with Crippen LogP contribution in [0.2, 0.25) is 0 Å². The van der Waals surface area contributed by atoms with Crippen molar-refractivity contribution < 1.29 is 8.42 Å². The van der Waals surface area contributed by atoms with Gasteiger partial charge in [-0.1, -0.05) is 6.92 Å². The molecule has 88 valence electrons. The van der Waals surface area contributed by atoms with Gasteiger partial charge in [-0.3, -0.25) is 0 Å². The van der Waals surface area contributed by atoms with E-state index in [1.165, 1.54) is 0 Å². The number of fused-ring (bicyclic) bond motifs is 1. The summed E-state index contributed by atoms with van der Waals surface area (Å²) in [6, 6.07) is 0.368. The Morgan fingerprint density at radius 2 is 2.27 bits per heavy atom. The van der Waals surface area contributed by atoms with Crippen molar-refractivity contribution in [3.8, 4) is 0 Å². The van der Waals surface area contributed by atoms with Crippen LogP contribution in [0.5, 0.6) is 0 Å². The first-order chi connectivity index (χ1) is 7.13. The Balaban J connectivity index is 2.02. The smallest absolute Gasteiger partial charge is 0.279 e. The van der Waals surface area contributed by atoms with E-state index in [1.807, 2.05) is 0 Å². The minimum atomic E-state index is -3.22. The van der Waals surface area contributed by atoms with Crippen molar-refractivity contribution in [3.05, 3.63) is 0 Å². The van der Waals surface area contributed by atoms with Gasteiger partial charge in [0.2, 0.25) is 0 Å². The molecule has 0 spiro atoms. The van der Waals surface area contributed by atoms with Crippen molar-refractivity contribution in [1.29, 1.82) is 0 Å². The molecule has 2 fully saturated rings. The Labute approximate surface area is 91.4 Å². The van der Waals surface area contributed by atoms with Crippen molar-refractivity contribution in [3.63, 3.8) is 0 Å². The standard InChI is InChI=1S/C9H19N3O2S/c1-2-11-15(13,14)12-6-8-4-3-5-10-9(8)7-12/h8-11H,2-7H2,1H3/t8-,9+/m0/s1. The molecule has 0 radical (unpaired) electrons. The zero-order chi connectivity index (χ0) is 10.9. The lowest BCUT2D eigenvalue weighted by Crippen LogP contribution is -2.42. The number of rotatable bonds is 3. The van der Waals surface area contributed by atoms with Gasteiger partial charge in [0.05, 0.1) is 0 Å². The molecule has 0 saturated carbocycles. The van der Waals surface area contributed by atoms with Crippen LogP contribution in [0, 0.1) is 5.92 Å². The minimum absolute atomic E-state index is 0.368. The van der Waals surface area contributed by atoms with E-state index in [-0.39, 0.29) is 0 Å². The summed E-state index contributed by atoms with van der Waals surface area (Å²) < 4.78 is 27.6. The van der Waals surface area contributed by atoms with Crippen LogP contribution < -0.4 is 10.0 Å². The first kappa shape index (κ1) is 11.3. The number of hydrogen-bond acceptors (Lipinski definition) is 3. The fourth-order valence-electron chi connectivity index (χ4n) is 2.48. The molecule has 2 heterocycles. The van der Waals surface area contributed by atoms with Gasteiger partial charge in [0, 0.05) is 25.7 Å². The largest absolute Gasteiger partial charge is 0.312 e. The Bertz CT molecular complexity index is 303. The molecule has 2 aliphatic rings. The summed E-state index contributed by atoms with van der Waals surface area (Å²) >= 11 is 0. The summed E-state index contributed by atoms with van der Waals surface area (Å²) in [7, 11) is -3.22. The minimum Gasteiger partial charge on any atom is -0.312 e. The molecule has 2 aliphatic heterocycles. The molecule has 6 heteroatoms. The molecule has 0 aliphatic carbocycles. The van der Waals surface area contributed by atoms with Gasteiger partial charge in [0.15, 0.2) is 0 Å². The lowest BCUT2D eigenvalue weighted by molar-refractivity contribution is 0.339. The predicted molar refractivity (Wildman–Crippen MR) is 58.7 cm³/mol. The van der Waals surface area contributed by atoms with Gasteiger partial charge in [-0.25, -0.2) is 4.72 Å². The number of hydrogen-bond donors (Lipinski definition) is 2. The molecule has 0 unspecified atom stereocenters. The van der Waals surface area contributed by atoms with E-state index in [0.717, 1.165) is 19.4 Å². The first-order valence-electron chi connectivity index (χ1n) is 5.61.